The van der Waals surface area contributed by atoms with Crippen LogP contribution in [0.4, 0.5) is 48.2 Å². The number of aryl methyl sites for hydroxylation is 6. The van der Waals surface area contributed by atoms with Crippen molar-refractivity contribution in [3.8, 4) is 5.88 Å². The third-order valence-electron chi connectivity index (χ3n) is 18.7. The first kappa shape index (κ1) is 87.8. The third kappa shape index (κ3) is 23.8. The summed E-state index contributed by atoms with van der Waals surface area (Å²) >= 11 is 1.60. The molecule has 17 aromatic rings. The minimum atomic E-state index is -4.49. The van der Waals surface area contributed by atoms with Crippen LogP contribution in [0.25, 0.3) is 55.2 Å². The van der Waals surface area contributed by atoms with Gasteiger partial charge in [-0.3, -0.25) is 9.97 Å². The van der Waals surface area contributed by atoms with Crippen LogP contribution in [-0.4, -0.2) is 175 Å². The molecule has 17 rings (SSSR count). The van der Waals surface area contributed by atoms with Crippen molar-refractivity contribution in [2.45, 2.75) is 120 Å². The maximum atomic E-state index is 13.0. The molecule has 34 nitrogen and oxygen atoms in total. The van der Waals surface area contributed by atoms with Crippen LogP contribution in [0.1, 0.15) is 101 Å². The van der Waals surface area contributed by atoms with E-state index in [9.17, 15) is 13.2 Å². The number of pyridine rings is 4. The molecule has 0 unspecified atom stereocenters. The molecule has 0 saturated heterocycles. The molecule has 38 heteroatoms. The first-order valence-corrected chi connectivity index (χ1v) is 40.8. The van der Waals surface area contributed by atoms with Crippen molar-refractivity contribution in [3.05, 3.63) is 250 Å². The summed E-state index contributed by atoms with van der Waals surface area (Å²) in [6, 6.07) is 34.8. The average Bonchev–Trinajstić information content (AvgIpc) is 1.66. The van der Waals surface area contributed by atoms with Crippen LogP contribution in [0.15, 0.2) is 179 Å². The number of anilines is 6. The Morgan fingerprint density at radius 2 is 0.831 bits per heavy atom. The topological polar surface area (TPSA) is 393 Å². The number of hydrogen-bond donors (Lipinski definition) is 6. The Morgan fingerprint density at radius 1 is 0.419 bits per heavy atom. The van der Waals surface area contributed by atoms with E-state index in [1.54, 1.807) is 69.4 Å². The predicted octanol–water partition coefficient (Wildman–Crippen LogP) is 14.4. The average molecular weight is 1710 g/mol. The highest BCUT2D eigenvalue weighted by Crippen LogP contribution is 2.32. The lowest BCUT2D eigenvalue weighted by Gasteiger charge is -2.12. The van der Waals surface area contributed by atoms with Gasteiger partial charge in [-0.15, -0.1) is 11.3 Å². The predicted molar refractivity (Wildman–Crippen MR) is 469 cm³/mol. The van der Waals surface area contributed by atoms with Crippen LogP contribution in [0.3, 0.4) is 0 Å². The Hall–Kier alpha value is -14.0. The summed E-state index contributed by atoms with van der Waals surface area (Å²) < 4.78 is 80.2. The first-order chi connectivity index (χ1) is 60.1. The summed E-state index contributed by atoms with van der Waals surface area (Å²) in [4.78, 5) is 66.1. The van der Waals surface area contributed by atoms with Gasteiger partial charge in [-0.1, -0.05) is 34.6 Å². The van der Waals surface area contributed by atoms with Gasteiger partial charge in [0.05, 0.1) is 134 Å². The molecular formula is C86H97F3N28O6S. The number of rotatable bonds is 31. The fourth-order valence-corrected chi connectivity index (χ4v) is 13.9. The second-order valence-electron chi connectivity index (χ2n) is 28.7. The lowest BCUT2D eigenvalue weighted by atomic mass is 10.3. The number of nitrogens with zero attached hydrogens (tertiary/aromatic N) is 22. The Morgan fingerprint density at radius 3 is 1.24 bits per heavy atom. The number of thiazole rings is 1. The van der Waals surface area contributed by atoms with Gasteiger partial charge in [0.1, 0.15) is 79.5 Å². The third-order valence-corrected chi connectivity index (χ3v) is 19.3. The van der Waals surface area contributed by atoms with E-state index in [1.165, 1.54) is 6.07 Å². The number of nitrogens with one attached hydrogen (secondary N) is 5. The zero-order chi connectivity index (χ0) is 87.1. The highest BCUT2D eigenvalue weighted by Gasteiger charge is 2.32. The number of ether oxygens (including phenoxy) is 4. The van der Waals surface area contributed by atoms with Gasteiger partial charge in [0.25, 0.3) is 0 Å². The van der Waals surface area contributed by atoms with Gasteiger partial charge in [0.15, 0.2) is 29.1 Å². The monoisotopic (exact) mass is 1710 g/mol. The fourth-order valence-electron chi connectivity index (χ4n) is 13.4. The van der Waals surface area contributed by atoms with E-state index in [0.29, 0.717) is 105 Å². The Balaban J connectivity index is 0.000000134. The highest BCUT2D eigenvalue weighted by atomic mass is 32.1. The first-order valence-electron chi connectivity index (χ1n) is 39.9. The standard InChI is InChI=1S/C19H17F3N6O.C18H19N7O2.C18H23N5O.C17H21N5O.C14H17N5OS/c1-11-8-14(27-29-11)9-23-18-17-15(24-12(2)25-18)6-7-28(17)10-13-4-3-5-16(26-13)19(20,21)22;1-11-8-13(24-27-11)9-20-17-16-14(22-18(19)23-17)6-7-25(16)10-12-4-3-5-15(21-12)26-2;1-13(2)24-11-9-20-18-17-16(21-14(3)22-18)7-10-23(17)12-15-6-4-5-8-19-15;1-13-20-15-7-10-22(12-14-6-3-4-8-18-14)16(15)17(21-13)19-9-5-11-23-2;1-10-17-12-3-5-19(7-11-8-21-9-16-11)13(12)14(18-10)15-4-6-20-2/h3-8H,9-10H2,1-2H3,(H,23,24,25);3-8H,9-10H2,1-2H3,(H3,19,20,22,23);4-8,10,13H,9,11-12H2,1-3H3,(H,20,21,22);3-4,6-8,10H,5,9,11-12H2,1-2H3,(H,19,20,21);3,5,8-9H,4,6-7H2,1-2H3,(H,15,17,18). The minimum Gasteiger partial charge on any atom is -0.481 e. The second kappa shape index (κ2) is 42.0. The number of nitrogen functional groups attached to an aromatic ring is 1. The molecule has 0 atom stereocenters. The number of fused-ring (bicyclic) bond motifs is 5. The van der Waals surface area contributed by atoms with Crippen LogP contribution >= 0.6 is 11.3 Å². The van der Waals surface area contributed by atoms with Crippen molar-refractivity contribution in [2.24, 2.45) is 0 Å². The lowest BCUT2D eigenvalue weighted by Crippen LogP contribution is -2.15. The molecule has 0 saturated carbocycles. The van der Waals surface area contributed by atoms with Crippen LogP contribution in [0, 0.1) is 41.5 Å². The summed E-state index contributed by atoms with van der Waals surface area (Å²) in [6.07, 6.45) is 10.1. The van der Waals surface area contributed by atoms with Gasteiger partial charge >= 0.3 is 6.18 Å². The van der Waals surface area contributed by atoms with Crippen molar-refractivity contribution < 1.29 is 41.2 Å². The summed E-state index contributed by atoms with van der Waals surface area (Å²) in [5, 5.41) is 26.6. The largest absolute Gasteiger partial charge is 0.481 e. The van der Waals surface area contributed by atoms with E-state index in [2.05, 4.69) is 131 Å². The summed E-state index contributed by atoms with van der Waals surface area (Å²) in [5.74, 6) is 8.83. The van der Waals surface area contributed by atoms with Gasteiger partial charge < -0.3 is 83.1 Å². The maximum absolute atomic E-state index is 13.0. The number of alkyl halides is 3. The summed E-state index contributed by atoms with van der Waals surface area (Å²) in [6.45, 7) is 23.1. The molecule has 0 bridgehead atoms. The van der Waals surface area contributed by atoms with Crippen LogP contribution in [0.5, 0.6) is 5.88 Å². The molecule has 17 heterocycles. The number of halogens is 3. The van der Waals surface area contributed by atoms with Gasteiger partial charge in [-0.2, -0.15) is 18.2 Å². The van der Waals surface area contributed by atoms with E-state index in [1.807, 2.05) is 180 Å². The van der Waals surface area contributed by atoms with Gasteiger partial charge in [0, 0.05) is 107 Å². The Labute approximate surface area is 715 Å². The molecule has 0 radical (unpaired) electrons. The number of aromatic nitrogens is 22. The molecule has 0 fully saturated rings. The normalized spacial score (nSPS) is 11.3. The Bertz CT molecular complexity index is 6290. The van der Waals surface area contributed by atoms with E-state index >= 15 is 0 Å². The maximum Gasteiger partial charge on any atom is 0.433 e. The van der Waals surface area contributed by atoms with Crippen LogP contribution < -0.4 is 37.1 Å². The molecule has 644 valence electrons. The quantitative estimate of drug-likeness (QED) is 0.0220. The van der Waals surface area contributed by atoms with Gasteiger partial charge in [-0.25, -0.2) is 59.8 Å². The molecule has 0 spiro atoms. The van der Waals surface area contributed by atoms with Crippen molar-refractivity contribution in [1.82, 2.24) is 108 Å². The summed E-state index contributed by atoms with van der Waals surface area (Å²) in [5.41, 5.74) is 21.3. The number of methoxy groups -OCH3 is 3. The van der Waals surface area contributed by atoms with E-state index in [4.69, 9.17) is 33.7 Å². The van der Waals surface area contributed by atoms with Crippen molar-refractivity contribution in [3.63, 3.8) is 0 Å². The molecule has 0 amide bonds. The van der Waals surface area contributed by atoms with E-state index < -0.39 is 11.9 Å². The van der Waals surface area contributed by atoms with Crippen LogP contribution in [0.2, 0.25) is 0 Å². The fraction of sp³-hybridized carbons (Fsp3) is 0.314. The molecule has 124 heavy (non-hydrogen) atoms. The highest BCUT2D eigenvalue weighted by molar-refractivity contribution is 7.07. The van der Waals surface area contributed by atoms with E-state index in [0.717, 1.165) is 145 Å². The van der Waals surface area contributed by atoms with Gasteiger partial charge in [-0.05, 0) is 135 Å². The minimum absolute atomic E-state index is 0.150. The lowest BCUT2D eigenvalue weighted by molar-refractivity contribution is -0.141. The molecular weight excluding hydrogens is 1610 g/mol. The summed E-state index contributed by atoms with van der Waals surface area (Å²) in [7, 11) is 5.00. The number of hydrogen-bond acceptors (Lipinski definition) is 30. The smallest absolute Gasteiger partial charge is 0.433 e. The zero-order valence-corrected chi connectivity index (χ0v) is 71.4. The van der Waals surface area contributed by atoms with E-state index in [-0.39, 0.29) is 24.3 Å². The molecule has 17 aromatic heterocycles. The van der Waals surface area contributed by atoms with Crippen molar-refractivity contribution >= 4 is 102 Å². The zero-order valence-electron chi connectivity index (χ0n) is 70.6. The molecule has 7 N–H and O–H groups in total. The second-order valence-corrected chi connectivity index (χ2v) is 29.4. The molecule has 0 aromatic carbocycles. The molecule has 0 aliphatic heterocycles. The van der Waals surface area contributed by atoms with Crippen molar-refractivity contribution in [1.29, 1.82) is 0 Å². The Kier molecular flexibility index (Phi) is 29.8. The molecule has 0 aliphatic carbocycles. The van der Waals surface area contributed by atoms with Crippen LogP contribution in [-0.2, 0) is 66.2 Å². The molecule has 0 aliphatic rings. The van der Waals surface area contributed by atoms with Crippen molar-refractivity contribution in [2.75, 3.05) is 93.1 Å². The van der Waals surface area contributed by atoms with Gasteiger partial charge in [0.2, 0.25) is 11.8 Å². The SMILES string of the molecule is COCCCNc1nc(C)nc2ccn(Cc3ccccn3)c12.COCCNc1nc(C)nc2ccn(Cc3cscn3)c12.COc1cccc(Cn2ccc3nc(N)nc(NCc4cc(C)on4)c32)n1.Cc1nc(NCCOC(C)C)c2c(ccn2Cc2ccccn2)n1.Cc1nc(NCc2cc(C)on2)c2c(ccn2Cc2cccc(C(F)(F)F)n2)n1. The number of nitrogens with two attached hydrogens (primary N) is 1.